The molecule has 0 spiro atoms. The lowest BCUT2D eigenvalue weighted by Crippen LogP contribution is -2.56. The van der Waals surface area contributed by atoms with Gasteiger partial charge in [0.25, 0.3) is 0 Å². The van der Waals surface area contributed by atoms with Gasteiger partial charge in [-0.3, -0.25) is 4.90 Å². The number of anilines is 1. The summed E-state index contributed by atoms with van der Waals surface area (Å²) in [6, 6.07) is 5.82. The van der Waals surface area contributed by atoms with Crippen molar-refractivity contribution in [3.63, 3.8) is 0 Å². The van der Waals surface area contributed by atoms with Gasteiger partial charge in [0.1, 0.15) is 0 Å². The number of rotatable bonds is 6. The third-order valence-electron chi connectivity index (χ3n) is 6.38. The smallest absolute Gasteiger partial charge is 0.175 e. The van der Waals surface area contributed by atoms with Gasteiger partial charge < -0.3 is 14.7 Å². The second-order valence-corrected chi connectivity index (χ2v) is 11.0. The largest absolute Gasteiger partial charge is 0.392 e. The highest BCUT2D eigenvalue weighted by molar-refractivity contribution is 7.90. The number of piperazine rings is 1. The van der Waals surface area contributed by atoms with E-state index in [4.69, 9.17) is 4.74 Å². The molecular formula is C22H36N2O4S. The van der Waals surface area contributed by atoms with Crippen LogP contribution in [0.3, 0.4) is 0 Å². The van der Waals surface area contributed by atoms with E-state index >= 15 is 0 Å². The number of hydrogen-bond donors (Lipinski definition) is 1. The molecule has 0 amide bonds. The van der Waals surface area contributed by atoms with Crippen molar-refractivity contribution in [2.24, 2.45) is 11.8 Å². The molecule has 2 fully saturated rings. The van der Waals surface area contributed by atoms with Crippen LogP contribution in [0.2, 0.25) is 0 Å². The first kappa shape index (κ1) is 22.5. The van der Waals surface area contributed by atoms with E-state index in [0.29, 0.717) is 29.5 Å². The summed E-state index contributed by atoms with van der Waals surface area (Å²) in [5.74, 6) is 1.10. The summed E-state index contributed by atoms with van der Waals surface area (Å²) in [6.07, 6.45) is 3.96. The van der Waals surface area contributed by atoms with Crippen molar-refractivity contribution in [1.29, 1.82) is 0 Å². The Balaban J connectivity index is 1.74. The van der Waals surface area contributed by atoms with Crippen LogP contribution < -0.4 is 4.90 Å². The SMILES string of the molecule is CC1CCC(CN2CCN(c3ccc(CO)c(S(C)(=O)=O)c3)C[C@@H]2C(C)C)CO1. The van der Waals surface area contributed by atoms with Crippen molar-refractivity contribution in [3.05, 3.63) is 23.8 Å². The zero-order valence-corrected chi connectivity index (χ0v) is 19.0. The van der Waals surface area contributed by atoms with Crippen LogP contribution in [0.25, 0.3) is 0 Å². The fourth-order valence-electron chi connectivity index (χ4n) is 4.57. The van der Waals surface area contributed by atoms with E-state index in [0.717, 1.165) is 44.9 Å². The molecule has 2 heterocycles. The fraction of sp³-hybridized carbons (Fsp3) is 0.727. The number of sulfone groups is 1. The minimum atomic E-state index is -3.38. The summed E-state index contributed by atoms with van der Waals surface area (Å²) in [4.78, 5) is 5.12. The molecule has 2 saturated heterocycles. The fourth-order valence-corrected chi connectivity index (χ4v) is 5.51. The summed E-state index contributed by atoms with van der Waals surface area (Å²) < 4.78 is 30.2. The Hall–Kier alpha value is -1.15. The van der Waals surface area contributed by atoms with Crippen molar-refractivity contribution in [1.82, 2.24) is 4.90 Å². The Labute approximate surface area is 175 Å². The van der Waals surface area contributed by atoms with Crippen molar-refractivity contribution in [3.8, 4) is 0 Å². The molecule has 164 valence electrons. The molecule has 0 bridgehead atoms. The Morgan fingerprint density at radius 3 is 2.59 bits per heavy atom. The van der Waals surface area contributed by atoms with Crippen molar-refractivity contribution < 1.29 is 18.3 Å². The molecular weight excluding hydrogens is 388 g/mol. The topological polar surface area (TPSA) is 70.1 Å². The predicted molar refractivity (Wildman–Crippen MR) is 116 cm³/mol. The second-order valence-electron chi connectivity index (χ2n) is 9.06. The molecule has 2 unspecified atom stereocenters. The van der Waals surface area contributed by atoms with E-state index in [1.165, 1.54) is 12.7 Å². The highest BCUT2D eigenvalue weighted by Gasteiger charge is 2.32. The Bertz CT molecular complexity index is 788. The molecule has 1 N–H and O–H groups in total. The maximum Gasteiger partial charge on any atom is 0.175 e. The highest BCUT2D eigenvalue weighted by Crippen LogP contribution is 2.29. The molecule has 1 aromatic rings. The van der Waals surface area contributed by atoms with Gasteiger partial charge in [-0.1, -0.05) is 19.9 Å². The molecule has 2 aliphatic heterocycles. The van der Waals surface area contributed by atoms with Crippen molar-refractivity contribution >= 4 is 15.5 Å². The standard InChI is InChI=1S/C22H36N2O4S/c1-16(2)21-13-23(9-10-24(21)12-18-6-5-17(3)28-15-18)20-8-7-19(14-25)22(11-20)29(4,26)27/h7-8,11,16-18,21,25H,5-6,9-10,12-15H2,1-4H3/t17?,18?,21-/m1/s1. The maximum absolute atomic E-state index is 12.2. The quantitative estimate of drug-likeness (QED) is 0.757. The Morgan fingerprint density at radius 2 is 2.00 bits per heavy atom. The van der Waals surface area contributed by atoms with E-state index < -0.39 is 9.84 Å². The van der Waals surface area contributed by atoms with Crippen LogP contribution in [-0.4, -0.2) is 69.6 Å². The first-order valence-electron chi connectivity index (χ1n) is 10.7. The number of benzene rings is 1. The molecule has 2 aliphatic rings. The lowest BCUT2D eigenvalue weighted by molar-refractivity contribution is -0.0218. The van der Waals surface area contributed by atoms with Gasteiger partial charge in [0, 0.05) is 44.2 Å². The Kier molecular flexibility index (Phi) is 7.25. The van der Waals surface area contributed by atoms with Crippen LogP contribution in [0.15, 0.2) is 23.1 Å². The molecule has 29 heavy (non-hydrogen) atoms. The van der Waals surface area contributed by atoms with E-state index in [1.807, 2.05) is 6.07 Å². The minimum absolute atomic E-state index is 0.231. The van der Waals surface area contributed by atoms with Gasteiger partial charge in [-0.25, -0.2) is 8.42 Å². The van der Waals surface area contributed by atoms with Crippen LogP contribution in [-0.2, 0) is 21.2 Å². The van der Waals surface area contributed by atoms with Crippen LogP contribution in [0, 0.1) is 11.8 Å². The normalized spacial score (nSPS) is 26.8. The van der Waals surface area contributed by atoms with E-state index in [1.54, 1.807) is 12.1 Å². The zero-order chi connectivity index (χ0) is 21.2. The highest BCUT2D eigenvalue weighted by atomic mass is 32.2. The van der Waals surface area contributed by atoms with Gasteiger partial charge >= 0.3 is 0 Å². The lowest BCUT2D eigenvalue weighted by atomic mass is 9.94. The maximum atomic E-state index is 12.2. The average molecular weight is 425 g/mol. The van der Waals surface area contributed by atoms with Gasteiger partial charge in [0.2, 0.25) is 0 Å². The molecule has 7 heteroatoms. The first-order chi connectivity index (χ1) is 13.7. The van der Waals surface area contributed by atoms with Gasteiger partial charge in [-0.05, 0) is 49.3 Å². The number of nitrogens with zero attached hydrogens (tertiary/aromatic N) is 2. The summed E-state index contributed by atoms with van der Waals surface area (Å²) in [7, 11) is -3.38. The molecule has 3 atom stereocenters. The first-order valence-corrected chi connectivity index (χ1v) is 12.6. The van der Waals surface area contributed by atoms with Crippen molar-refractivity contribution in [2.45, 2.75) is 57.3 Å². The molecule has 0 saturated carbocycles. The number of aliphatic hydroxyl groups is 1. The van der Waals surface area contributed by atoms with Crippen LogP contribution in [0.4, 0.5) is 5.69 Å². The summed E-state index contributed by atoms with van der Waals surface area (Å²) in [6.45, 7) is 11.0. The molecule has 1 aromatic carbocycles. The predicted octanol–water partition coefficient (Wildman–Crippen LogP) is 2.54. The van der Waals surface area contributed by atoms with Crippen molar-refractivity contribution in [2.75, 3.05) is 43.9 Å². The van der Waals surface area contributed by atoms with E-state index in [9.17, 15) is 13.5 Å². The number of hydrogen-bond acceptors (Lipinski definition) is 6. The Morgan fingerprint density at radius 1 is 1.24 bits per heavy atom. The molecule has 0 aliphatic carbocycles. The summed E-state index contributed by atoms with van der Waals surface area (Å²) >= 11 is 0. The third kappa shape index (κ3) is 5.51. The average Bonchev–Trinajstić information content (AvgIpc) is 2.68. The molecule has 3 rings (SSSR count). The van der Waals surface area contributed by atoms with E-state index in [-0.39, 0.29) is 11.5 Å². The van der Waals surface area contributed by atoms with Crippen LogP contribution in [0.5, 0.6) is 0 Å². The number of aliphatic hydroxyl groups excluding tert-OH is 1. The lowest BCUT2D eigenvalue weighted by Gasteiger charge is -2.46. The van der Waals surface area contributed by atoms with Gasteiger partial charge in [0.05, 0.1) is 24.2 Å². The third-order valence-corrected chi connectivity index (χ3v) is 7.56. The molecule has 0 radical (unpaired) electrons. The van der Waals surface area contributed by atoms with Crippen LogP contribution >= 0.6 is 0 Å². The number of ether oxygens (including phenoxy) is 1. The summed E-state index contributed by atoms with van der Waals surface area (Å²) in [5, 5.41) is 9.51. The molecule has 6 nitrogen and oxygen atoms in total. The summed E-state index contributed by atoms with van der Waals surface area (Å²) in [5.41, 5.74) is 1.38. The van der Waals surface area contributed by atoms with Gasteiger partial charge in [-0.15, -0.1) is 0 Å². The van der Waals surface area contributed by atoms with Crippen LogP contribution in [0.1, 0.15) is 39.2 Å². The van der Waals surface area contributed by atoms with Gasteiger partial charge in [0.15, 0.2) is 9.84 Å². The zero-order valence-electron chi connectivity index (χ0n) is 18.2. The monoisotopic (exact) mass is 424 g/mol. The van der Waals surface area contributed by atoms with E-state index in [2.05, 4.69) is 30.6 Å². The minimum Gasteiger partial charge on any atom is -0.392 e. The second kappa shape index (κ2) is 9.33. The van der Waals surface area contributed by atoms with Gasteiger partial charge in [-0.2, -0.15) is 0 Å². The molecule has 0 aromatic heterocycles.